The molecule has 1 nitrogen and oxygen atoms in total. The molecule has 1 N–H and O–H groups in total. The zero-order valence-electron chi connectivity index (χ0n) is 4.52. The van der Waals surface area contributed by atoms with E-state index < -0.39 is 8.32 Å². The van der Waals surface area contributed by atoms with Gasteiger partial charge in [-0.3, -0.25) is 0 Å². The highest BCUT2D eigenvalue weighted by atomic mass is 28.4. The molecule has 2 heteroatoms. The Bertz CT molecular complexity index is 76.1. The fourth-order valence-electron chi connectivity index (χ4n) is 0.0833. The third-order valence-corrected chi connectivity index (χ3v) is 2.48. The summed E-state index contributed by atoms with van der Waals surface area (Å²) in [6.07, 6.45) is 0. The first kappa shape index (κ1) is 6.66. The standard InChI is InChI=1S/C5H10OSi/c1-4-7(3,6)5-2/h4-6H,1-2H2,3H3. The van der Waals surface area contributed by atoms with Crippen molar-refractivity contribution in [3.8, 4) is 0 Å². The van der Waals surface area contributed by atoms with E-state index in [9.17, 15) is 0 Å². The summed E-state index contributed by atoms with van der Waals surface area (Å²) in [5, 5.41) is 0. The molecular formula is C5H10OSi. The van der Waals surface area contributed by atoms with E-state index in [0.717, 1.165) is 0 Å². The van der Waals surface area contributed by atoms with Crippen molar-refractivity contribution < 1.29 is 4.80 Å². The van der Waals surface area contributed by atoms with Crippen molar-refractivity contribution in [2.24, 2.45) is 0 Å². The predicted molar refractivity (Wildman–Crippen MR) is 34.2 cm³/mol. The average molecular weight is 114 g/mol. The topological polar surface area (TPSA) is 20.2 Å². The highest BCUT2D eigenvalue weighted by Crippen LogP contribution is 1.96. The molecule has 0 atom stereocenters. The van der Waals surface area contributed by atoms with E-state index in [1.165, 1.54) is 0 Å². The van der Waals surface area contributed by atoms with E-state index >= 15 is 0 Å². The maximum absolute atomic E-state index is 9.03. The summed E-state index contributed by atoms with van der Waals surface area (Å²) in [6, 6.07) is 0. The van der Waals surface area contributed by atoms with Crippen molar-refractivity contribution in [1.82, 2.24) is 0 Å². The minimum Gasteiger partial charge on any atom is -0.425 e. The summed E-state index contributed by atoms with van der Waals surface area (Å²) in [4.78, 5) is 9.03. The molecule has 0 unspecified atom stereocenters. The molecule has 0 aliphatic heterocycles. The van der Waals surface area contributed by atoms with Crippen LogP contribution in [0.15, 0.2) is 24.6 Å². The zero-order valence-corrected chi connectivity index (χ0v) is 5.52. The van der Waals surface area contributed by atoms with Crippen LogP contribution in [0.1, 0.15) is 0 Å². The van der Waals surface area contributed by atoms with Crippen LogP contribution in [0, 0.1) is 0 Å². The van der Waals surface area contributed by atoms with Crippen LogP contribution in [-0.2, 0) is 0 Å². The Labute approximate surface area is 45.1 Å². The van der Waals surface area contributed by atoms with Crippen molar-refractivity contribution in [2.75, 3.05) is 0 Å². The van der Waals surface area contributed by atoms with E-state index in [2.05, 4.69) is 13.2 Å². The van der Waals surface area contributed by atoms with E-state index in [0.29, 0.717) is 0 Å². The smallest absolute Gasteiger partial charge is 0.233 e. The Balaban J connectivity index is 3.82. The minimum absolute atomic E-state index is 1.57. The molecule has 0 bridgehead atoms. The molecule has 0 rings (SSSR count). The zero-order chi connectivity index (χ0) is 5.91. The van der Waals surface area contributed by atoms with Gasteiger partial charge in [-0.1, -0.05) is 11.4 Å². The van der Waals surface area contributed by atoms with Gasteiger partial charge in [0, 0.05) is 0 Å². The first-order chi connectivity index (χ1) is 3.12. The normalized spacial score (nSPS) is 10.6. The fraction of sp³-hybridized carbons (Fsp3) is 0.200. The Morgan fingerprint density at radius 1 is 1.43 bits per heavy atom. The molecule has 0 saturated heterocycles. The molecular weight excluding hydrogens is 104 g/mol. The van der Waals surface area contributed by atoms with Crippen LogP contribution in [0.5, 0.6) is 0 Å². The number of hydrogen-bond donors (Lipinski definition) is 1. The van der Waals surface area contributed by atoms with Gasteiger partial charge < -0.3 is 4.80 Å². The SMILES string of the molecule is C=C[Si](C)(O)C=C. The average Bonchev–Trinajstić information content (AvgIpc) is 1.68. The number of hydrogen-bond acceptors (Lipinski definition) is 1. The van der Waals surface area contributed by atoms with Crippen LogP contribution in [0.25, 0.3) is 0 Å². The molecule has 0 aliphatic rings. The first-order valence-corrected chi connectivity index (χ1v) is 4.72. The summed E-state index contributed by atoms with van der Waals surface area (Å²) in [7, 11) is -2.12. The third kappa shape index (κ3) is 2.36. The molecule has 0 aromatic carbocycles. The van der Waals surface area contributed by atoms with Gasteiger partial charge in [0.25, 0.3) is 0 Å². The van der Waals surface area contributed by atoms with Crippen LogP contribution in [0.4, 0.5) is 0 Å². The van der Waals surface area contributed by atoms with E-state index in [4.69, 9.17) is 4.80 Å². The highest BCUT2D eigenvalue weighted by molar-refractivity contribution is 6.80. The van der Waals surface area contributed by atoms with Gasteiger partial charge in [0.05, 0.1) is 0 Å². The molecule has 0 amide bonds. The van der Waals surface area contributed by atoms with Crippen LogP contribution in [-0.4, -0.2) is 13.1 Å². The second-order valence-electron chi connectivity index (χ2n) is 1.63. The molecule has 0 heterocycles. The highest BCUT2D eigenvalue weighted by Gasteiger charge is 2.11. The maximum atomic E-state index is 9.03. The Kier molecular flexibility index (Phi) is 1.99. The second-order valence-corrected chi connectivity index (χ2v) is 4.90. The van der Waals surface area contributed by atoms with Gasteiger partial charge >= 0.3 is 0 Å². The van der Waals surface area contributed by atoms with Gasteiger partial charge in [0.1, 0.15) is 0 Å². The molecule has 0 fully saturated rings. The molecule has 0 aliphatic carbocycles. The van der Waals surface area contributed by atoms with Crippen molar-refractivity contribution in [3.63, 3.8) is 0 Å². The first-order valence-electron chi connectivity index (χ1n) is 2.12. The van der Waals surface area contributed by atoms with Crippen LogP contribution in [0.2, 0.25) is 6.55 Å². The third-order valence-electron chi connectivity index (χ3n) is 0.827. The van der Waals surface area contributed by atoms with Gasteiger partial charge in [-0.2, -0.15) is 0 Å². The summed E-state index contributed by atoms with van der Waals surface area (Å²) in [6.45, 7) is 8.64. The van der Waals surface area contributed by atoms with Crippen LogP contribution < -0.4 is 0 Å². The molecule has 0 aromatic rings. The van der Waals surface area contributed by atoms with E-state index in [1.54, 1.807) is 17.9 Å². The molecule has 7 heavy (non-hydrogen) atoms. The van der Waals surface area contributed by atoms with Crippen LogP contribution in [0.3, 0.4) is 0 Å². The van der Waals surface area contributed by atoms with Crippen molar-refractivity contribution in [1.29, 1.82) is 0 Å². The maximum Gasteiger partial charge on any atom is 0.233 e. The van der Waals surface area contributed by atoms with E-state index in [-0.39, 0.29) is 0 Å². The molecule has 0 saturated carbocycles. The molecule has 0 aromatic heterocycles. The van der Waals surface area contributed by atoms with Crippen molar-refractivity contribution >= 4 is 8.32 Å². The quantitative estimate of drug-likeness (QED) is 0.531. The summed E-state index contributed by atoms with van der Waals surface area (Å²) in [5.41, 5.74) is 3.14. The Morgan fingerprint density at radius 2 is 1.71 bits per heavy atom. The Morgan fingerprint density at radius 3 is 1.71 bits per heavy atom. The monoisotopic (exact) mass is 114 g/mol. The summed E-state index contributed by atoms with van der Waals surface area (Å²) >= 11 is 0. The fourth-order valence-corrected chi connectivity index (χ4v) is 0.250. The predicted octanol–water partition coefficient (Wildman–Crippen LogP) is 1.00. The second kappa shape index (κ2) is 2.09. The van der Waals surface area contributed by atoms with Gasteiger partial charge in [-0.25, -0.2) is 0 Å². The minimum atomic E-state index is -2.12. The van der Waals surface area contributed by atoms with Gasteiger partial charge in [-0.05, 0) is 6.55 Å². The summed E-state index contributed by atoms with van der Waals surface area (Å²) < 4.78 is 0. The van der Waals surface area contributed by atoms with E-state index in [1.807, 2.05) is 0 Å². The number of rotatable bonds is 2. The van der Waals surface area contributed by atoms with Gasteiger partial charge in [0.15, 0.2) is 0 Å². The summed E-state index contributed by atoms with van der Waals surface area (Å²) in [5.74, 6) is 0. The lowest BCUT2D eigenvalue weighted by atomic mass is 11.2. The molecule has 0 spiro atoms. The molecule has 0 radical (unpaired) electrons. The van der Waals surface area contributed by atoms with Crippen molar-refractivity contribution in [2.45, 2.75) is 6.55 Å². The lowest BCUT2D eigenvalue weighted by molar-refractivity contribution is 0.574. The molecule has 40 valence electrons. The van der Waals surface area contributed by atoms with Gasteiger partial charge in [-0.15, -0.1) is 13.2 Å². The largest absolute Gasteiger partial charge is 0.425 e. The lowest BCUT2D eigenvalue weighted by Crippen LogP contribution is -2.23. The van der Waals surface area contributed by atoms with Crippen LogP contribution >= 0.6 is 0 Å². The van der Waals surface area contributed by atoms with Gasteiger partial charge in [0.2, 0.25) is 8.32 Å². The Hall–Kier alpha value is -0.343. The van der Waals surface area contributed by atoms with Crippen molar-refractivity contribution in [3.05, 3.63) is 24.6 Å². The lowest BCUT2D eigenvalue weighted by Gasteiger charge is -2.05.